The summed E-state index contributed by atoms with van der Waals surface area (Å²) in [4.78, 5) is 27.6. The summed E-state index contributed by atoms with van der Waals surface area (Å²) < 4.78 is 10.7. The highest BCUT2D eigenvalue weighted by Gasteiger charge is 2.09. The number of rotatable bonds is 6. The molecule has 0 aliphatic heterocycles. The lowest BCUT2D eigenvalue weighted by molar-refractivity contribution is -0.118. The van der Waals surface area contributed by atoms with Crippen LogP contribution < -0.4 is 15.7 Å². The largest absolute Gasteiger partial charge is 0.484 e. The fourth-order valence-corrected chi connectivity index (χ4v) is 2.76. The van der Waals surface area contributed by atoms with Crippen molar-refractivity contribution in [1.29, 1.82) is 0 Å². The smallest absolute Gasteiger partial charge is 0.336 e. The Morgan fingerprint density at radius 1 is 1.31 bits per heavy atom. The van der Waals surface area contributed by atoms with Crippen molar-refractivity contribution in [2.24, 2.45) is 0 Å². The van der Waals surface area contributed by atoms with Gasteiger partial charge in [-0.05, 0) is 36.2 Å². The standard InChI is InChI=1S/C19H17ClN2O4/c1-2-4-12-9-18(24)26-16-10-13(6-7-14(12)16)25-11-17(23)22-15-5-3-8-21-19(15)20/h3,5-10H,2,4,11H2,1H3,(H,22,23). The van der Waals surface area contributed by atoms with Gasteiger partial charge in [-0.1, -0.05) is 24.9 Å². The molecule has 1 amide bonds. The number of aromatic nitrogens is 1. The molecule has 0 atom stereocenters. The van der Waals surface area contributed by atoms with Crippen molar-refractivity contribution in [2.45, 2.75) is 19.8 Å². The van der Waals surface area contributed by atoms with E-state index in [0.29, 0.717) is 17.0 Å². The van der Waals surface area contributed by atoms with Crippen LogP contribution in [0, 0.1) is 0 Å². The van der Waals surface area contributed by atoms with Gasteiger partial charge in [0.2, 0.25) is 0 Å². The maximum absolute atomic E-state index is 12.0. The zero-order chi connectivity index (χ0) is 18.5. The van der Waals surface area contributed by atoms with Gasteiger partial charge in [-0.15, -0.1) is 0 Å². The molecule has 3 rings (SSSR count). The van der Waals surface area contributed by atoms with Crippen molar-refractivity contribution in [3.05, 3.63) is 63.7 Å². The first-order valence-electron chi connectivity index (χ1n) is 8.17. The van der Waals surface area contributed by atoms with E-state index < -0.39 is 5.63 Å². The van der Waals surface area contributed by atoms with Gasteiger partial charge in [-0.3, -0.25) is 4.79 Å². The molecule has 26 heavy (non-hydrogen) atoms. The molecule has 2 heterocycles. The summed E-state index contributed by atoms with van der Waals surface area (Å²) in [5.74, 6) is 0.0583. The fraction of sp³-hybridized carbons (Fsp3) is 0.211. The van der Waals surface area contributed by atoms with Crippen LogP contribution in [0.2, 0.25) is 5.15 Å². The SMILES string of the molecule is CCCc1cc(=O)oc2cc(OCC(=O)Nc3cccnc3Cl)ccc12. The van der Waals surface area contributed by atoms with Crippen molar-refractivity contribution in [3.8, 4) is 5.75 Å². The molecular weight excluding hydrogens is 356 g/mol. The topological polar surface area (TPSA) is 81.4 Å². The molecule has 7 heteroatoms. The minimum absolute atomic E-state index is 0.205. The lowest BCUT2D eigenvalue weighted by Crippen LogP contribution is -2.20. The minimum atomic E-state index is -0.401. The van der Waals surface area contributed by atoms with E-state index in [1.165, 1.54) is 12.3 Å². The van der Waals surface area contributed by atoms with Crippen LogP contribution in [0.3, 0.4) is 0 Å². The molecule has 0 radical (unpaired) electrons. The third-order valence-electron chi connectivity index (χ3n) is 3.72. The molecule has 1 aromatic carbocycles. The Kier molecular flexibility index (Phi) is 5.53. The number of nitrogens with zero attached hydrogens (tertiary/aromatic N) is 1. The average Bonchev–Trinajstić information content (AvgIpc) is 2.62. The van der Waals surface area contributed by atoms with Crippen LogP contribution in [0.4, 0.5) is 5.69 Å². The maximum Gasteiger partial charge on any atom is 0.336 e. The van der Waals surface area contributed by atoms with Crippen LogP contribution in [-0.4, -0.2) is 17.5 Å². The Labute approximate surface area is 154 Å². The molecule has 0 aliphatic carbocycles. The molecule has 0 saturated heterocycles. The van der Waals surface area contributed by atoms with Crippen molar-refractivity contribution < 1.29 is 13.9 Å². The summed E-state index contributed by atoms with van der Waals surface area (Å²) in [5, 5.41) is 3.69. The number of carbonyl (C=O) groups excluding carboxylic acids is 1. The first-order chi connectivity index (χ1) is 12.6. The van der Waals surface area contributed by atoms with Crippen LogP contribution in [-0.2, 0) is 11.2 Å². The number of fused-ring (bicyclic) bond motifs is 1. The molecular formula is C19H17ClN2O4. The molecule has 0 aliphatic rings. The number of benzene rings is 1. The first-order valence-corrected chi connectivity index (χ1v) is 8.54. The second-order valence-corrected chi connectivity index (χ2v) is 6.04. The monoisotopic (exact) mass is 372 g/mol. The molecule has 0 unspecified atom stereocenters. The predicted molar refractivity (Wildman–Crippen MR) is 99.9 cm³/mol. The number of ether oxygens (including phenoxy) is 1. The van der Waals surface area contributed by atoms with E-state index in [2.05, 4.69) is 10.3 Å². The number of anilines is 1. The molecule has 2 aromatic heterocycles. The van der Waals surface area contributed by atoms with Gasteiger partial charge < -0.3 is 14.5 Å². The number of hydrogen-bond donors (Lipinski definition) is 1. The molecule has 0 fully saturated rings. The Hall–Kier alpha value is -2.86. The summed E-state index contributed by atoms with van der Waals surface area (Å²) in [6, 6.07) is 10.0. The van der Waals surface area contributed by atoms with Gasteiger partial charge in [-0.25, -0.2) is 9.78 Å². The van der Waals surface area contributed by atoms with Gasteiger partial charge in [0.1, 0.15) is 11.3 Å². The molecule has 0 bridgehead atoms. The summed E-state index contributed by atoms with van der Waals surface area (Å²) >= 11 is 5.90. The normalized spacial score (nSPS) is 10.7. The lowest BCUT2D eigenvalue weighted by atomic mass is 10.1. The van der Waals surface area contributed by atoms with Gasteiger partial charge in [0.15, 0.2) is 11.8 Å². The summed E-state index contributed by atoms with van der Waals surface area (Å²) in [6.45, 7) is 1.83. The van der Waals surface area contributed by atoms with Gasteiger partial charge in [-0.2, -0.15) is 0 Å². The number of aryl methyl sites for hydroxylation is 1. The van der Waals surface area contributed by atoms with Gasteiger partial charge in [0, 0.05) is 23.7 Å². The average molecular weight is 373 g/mol. The molecule has 3 aromatic rings. The second-order valence-electron chi connectivity index (χ2n) is 5.68. The highest BCUT2D eigenvalue weighted by molar-refractivity contribution is 6.32. The van der Waals surface area contributed by atoms with E-state index in [1.807, 2.05) is 13.0 Å². The Morgan fingerprint density at radius 3 is 2.92 bits per heavy atom. The second kappa shape index (κ2) is 8.01. The number of halogens is 1. The van der Waals surface area contributed by atoms with E-state index in [4.69, 9.17) is 20.8 Å². The number of amides is 1. The molecule has 1 N–H and O–H groups in total. The minimum Gasteiger partial charge on any atom is -0.484 e. The van der Waals surface area contributed by atoms with Gasteiger partial charge in [0.25, 0.3) is 5.91 Å². The maximum atomic E-state index is 12.0. The Morgan fingerprint density at radius 2 is 2.15 bits per heavy atom. The molecule has 134 valence electrons. The van der Waals surface area contributed by atoms with E-state index in [-0.39, 0.29) is 17.7 Å². The third kappa shape index (κ3) is 4.21. The summed E-state index contributed by atoms with van der Waals surface area (Å²) in [6.07, 6.45) is 3.24. The lowest BCUT2D eigenvalue weighted by Gasteiger charge is -2.09. The zero-order valence-electron chi connectivity index (χ0n) is 14.1. The Balaban J connectivity index is 1.72. The van der Waals surface area contributed by atoms with Crippen molar-refractivity contribution >= 4 is 34.2 Å². The highest BCUT2D eigenvalue weighted by atomic mass is 35.5. The van der Waals surface area contributed by atoms with E-state index in [1.54, 1.807) is 24.3 Å². The highest BCUT2D eigenvalue weighted by Crippen LogP contribution is 2.24. The third-order valence-corrected chi connectivity index (χ3v) is 4.03. The first kappa shape index (κ1) is 17.9. The van der Waals surface area contributed by atoms with E-state index in [0.717, 1.165) is 23.8 Å². The fourth-order valence-electron chi connectivity index (χ4n) is 2.59. The van der Waals surface area contributed by atoms with Crippen LogP contribution in [0.5, 0.6) is 5.75 Å². The van der Waals surface area contributed by atoms with Crippen molar-refractivity contribution in [2.75, 3.05) is 11.9 Å². The summed E-state index contributed by atoms with van der Waals surface area (Å²) in [5.41, 5.74) is 1.39. The number of nitrogens with one attached hydrogen (secondary N) is 1. The number of carbonyl (C=O) groups is 1. The van der Waals surface area contributed by atoms with E-state index >= 15 is 0 Å². The van der Waals surface area contributed by atoms with Crippen LogP contribution in [0.1, 0.15) is 18.9 Å². The zero-order valence-corrected chi connectivity index (χ0v) is 14.9. The Bertz CT molecular complexity index is 1000. The van der Waals surface area contributed by atoms with E-state index in [9.17, 15) is 9.59 Å². The summed E-state index contributed by atoms with van der Waals surface area (Å²) in [7, 11) is 0. The molecule has 0 spiro atoms. The predicted octanol–water partition coefficient (Wildman–Crippen LogP) is 3.81. The van der Waals surface area contributed by atoms with Crippen LogP contribution in [0.15, 0.2) is 51.8 Å². The van der Waals surface area contributed by atoms with Gasteiger partial charge in [0.05, 0.1) is 5.69 Å². The molecule has 0 saturated carbocycles. The van der Waals surface area contributed by atoms with Gasteiger partial charge >= 0.3 is 5.63 Å². The van der Waals surface area contributed by atoms with Crippen molar-refractivity contribution in [3.63, 3.8) is 0 Å². The van der Waals surface area contributed by atoms with Crippen LogP contribution in [0.25, 0.3) is 11.0 Å². The van der Waals surface area contributed by atoms with Crippen molar-refractivity contribution in [1.82, 2.24) is 4.98 Å². The number of hydrogen-bond acceptors (Lipinski definition) is 5. The van der Waals surface area contributed by atoms with Crippen LogP contribution >= 0.6 is 11.6 Å². The quantitative estimate of drug-likeness (QED) is 0.525. The number of pyridine rings is 1. The molecule has 6 nitrogen and oxygen atoms in total.